The molecule has 0 spiro atoms. The third-order valence-electron chi connectivity index (χ3n) is 5.40. The number of aromatic nitrogens is 1. The summed E-state index contributed by atoms with van der Waals surface area (Å²) in [5.41, 5.74) is 1.71. The average Bonchev–Trinajstić information content (AvgIpc) is 2.66. The number of carbonyl (C=O) groups is 1. The number of carbonyl (C=O) groups excluding carboxylic acids is 1. The summed E-state index contributed by atoms with van der Waals surface area (Å²) in [6, 6.07) is 9.29. The van der Waals surface area contributed by atoms with E-state index < -0.39 is 5.60 Å². The normalized spacial score (nSPS) is 16.1. The topological polar surface area (TPSA) is 51.7 Å². The van der Waals surface area contributed by atoms with Crippen molar-refractivity contribution in [3.63, 3.8) is 0 Å². The van der Waals surface area contributed by atoms with Crippen LogP contribution in [0.15, 0.2) is 36.5 Å². The fraction of sp³-hybridized carbons (Fsp3) is 0.500. The van der Waals surface area contributed by atoms with Crippen molar-refractivity contribution in [2.24, 2.45) is 5.41 Å². The summed E-state index contributed by atoms with van der Waals surface area (Å²) in [6.45, 7) is 9.71. The van der Waals surface area contributed by atoms with Crippen LogP contribution in [0.1, 0.15) is 51.8 Å². The van der Waals surface area contributed by atoms with Crippen LogP contribution in [0.25, 0.3) is 0 Å². The second-order valence-corrected chi connectivity index (χ2v) is 10.3. The molecule has 168 valence electrons. The number of piperidine rings is 1. The highest BCUT2D eigenvalue weighted by atomic mass is 35.5. The number of nitrogens with zero attached hydrogens (tertiary/aromatic N) is 2. The molecule has 3 rings (SSSR count). The number of benzene rings is 1. The smallest absolute Gasteiger partial charge is 0.410 e. The summed E-state index contributed by atoms with van der Waals surface area (Å²) in [5, 5.41) is 1.05. The molecule has 1 aliphatic rings. The Morgan fingerprint density at radius 1 is 1.16 bits per heavy atom. The minimum Gasteiger partial charge on any atom is -0.486 e. The van der Waals surface area contributed by atoms with Gasteiger partial charge in [0, 0.05) is 24.3 Å². The number of amides is 1. The van der Waals surface area contributed by atoms with Crippen LogP contribution < -0.4 is 4.74 Å². The number of halogens is 2. The van der Waals surface area contributed by atoms with Gasteiger partial charge in [0.1, 0.15) is 18.0 Å². The minimum atomic E-state index is -0.469. The molecule has 2 heterocycles. The lowest BCUT2D eigenvalue weighted by atomic mass is 9.76. The van der Waals surface area contributed by atoms with E-state index in [9.17, 15) is 4.79 Å². The van der Waals surface area contributed by atoms with Gasteiger partial charge in [-0.2, -0.15) is 0 Å². The van der Waals surface area contributed by atoms with Gasteiger partial charge < -0.3 is 14.4 Å². The van der Waals surface area contributed by atoms with Gasteiger partial charge in [0.25, 0.3) is 0 Å². The Morgan fingerprint density at radius 3 is 2.52 bits per heavy atom. The SMILES string of the molecule is CC1(Cc2ccnc(COc3ccc(Cl)cc3Cl)c2)CCN(C(=O)OC(C)(C)C)CC1. The Labute approximate surface area is 194 Å². The largest absolute Gasteiger partial charge is 0.486 e. The van der Waals surface area contributed by atoms with Gasteiger partial charge in [0.05, 0.1) is 10.7 Å². The van der Waals surface area contributed by atoms with Crippen LogP contribution in [0.4, 0.5) is 4.79 Å². The molecule has 1 aliphatic heterocycles. The molecule has 1 fully saturated rings. The summed E-state index contributed by atoms with van der Waals surface area (Å²) in [6.07, 6.45) is 4.38. The molecular formula is C24H30Cl2N2O3. The number of likely N-dealkylation sites (tertiary alicyclic amines) is 1. The molecule has 0 saturated carbocycles. The fourth-order valence-electron chi connectivity index (χ4n) is 3.69. The van der Waals surface area contributed by atoms with Gasteiger partial charge in [-0.05, 0) is 81.3 Å². The van der Waals surface area contributed by atoms with E-state index in [2.05, 4.69) is 18.0 Å². The Morgan fingerprint density at radius 2 is 1.87 bits per heavy atom. The number of pyridine rings is 1. The highest BCUT2D eigenvalue weighted by molar-refractivity contribution is 6.35. The molecule has 1 aromatic heterocycles. The maximum absolute atomic E-state index is 12.3. The number of ether oxygens (including phenoxy) is 2. The van der Waals surface area contributed by atoms with Crippen molar-refractivity contribution in [1.82, 2.24) is 9.88 Å². The Hall–Kier alpha value is -1.98. The number of hydrogen-bond acceptors (Lipinski definition) is 4. The fourth-order valence-corrected chi connectivity index (χ4v) is 4.15. The van der Waals surface area contributed by atoms with E-state index in [1.165, 1.54) is 5.56 Å². The van der Waals surface area contributed by atoms with Crippen LogP contribution in [0.5, 0.6) is 5.75 Å². The van der Waals surface area contributed by atoms with Crippen LogP contribution in [0.3, 0.4) is 0 Å². The lowest BCUT2D eigenvalue weighted by Crippen LogP contribution is -2.45. The van der Waals surface area contributed by atoms with Gasteiger partial charge in [-0.25, -0.2) is 4.79 Å². The van der Waals surface area contributed by atoms with Crippen LogP contribution in [0.2, 0.25) is 10.0 Å². The molecule has 0 aliphatic carbocycles. The van der Waals surface area contributed by atoms with Crippen LogP contribution in [-0.2, 0) is 17.8 Å². The van der Waals surface area contributed by atoms with Gasteiger partial charge in [0.15, 0.2) is 0 Å². The van der Waals surface area contributed by atoms with E-state index in [1.807, 2.05) is 37.9 Å². The lowest BCUT2D eigenvalue weighted by molar-refractivity contribution is 0.0119. The zero-order chi connectivity index (χ0) is 22.6. The Kier molecular flexibility index (Phi) is 7.38. The first-order valence-electron chi connectivity index (χ1n) is 10.5. The molecular weight excluding hydrogens is 435 g/mol. The summed E-state index contributed by atoms with van der Waals surface area (Å²) in [7, 11) is 0. The molecule has 0 unspecified atom stereocenters. The third-order valence-corrected chi connectivity index (χ3v) is 5.93. The van der Waals surface area contributed by atoms with Gasteiger partial charge in [-0.3, -0.25) is 4.98 Å². The van der Waals surface area contributed by atoms with Crippen molar-refractivity contribution >= 4 is 29.3 Å². The quantitative estimate of drug-likeness (QED) is 0.503. The van der Waals surface area contributed by atoms with Crippen LogP contribution in [-0.4, -0.2) is 34.7 Å². The number of hydrogen-bond donors (Lipinski definition) is 0. The summed E-state index contributed by atoms with van der Waals surface area (Å²) in [5.74, 6) is 0.583. The Balaban J connectivity index is 1.56. The first-order valence-corrected chi connectivity index (χ1v) is 11.3. The summed E-state index contributed by atoms with van der Waals surface area (Å²) < 4.78 is 11.3. The maximum atomic E-state index is 12.3. The molecule has 2 aromatic rings. The first kappa shape index (κ1) is 23.7. The van der Waals surface area contributed by atoms with Crippen molar-refractivity contribution in [1.29, 1.82) is 0 Å². The molecule has 1 aromatic carbocycles. The van der Waals surface area contributed by atoms with E-state index in [4.69, 9.17) is 32.7 Å². The van der Waals surface area contributed by atoms with E-state index in [0.717, 1.165) is 25.0 Å². The average molecular weight is 465 g/mol. The minimum absolute atomic E-state index is 0.123. The third kappa shape index (κ3) is 7.01. The number of rotatable bonds is 5. The van der Waals surface area contributed by atoms with Gasteiger partial charge in [-0.1, -0.05) is 30.1 Å². The Bertz CT molecular complexity index is 919. The first-order chi connectivity index (χ1) is 14.5. The van der Waals surface area contributed by atoms with Gasteiger partial charge in [-0.15, -0.1) is 0 Å². The predicted molar refractivity (Wildman–Crippen MR) is 124 cm³/mol. The zero-order valence-corrected chi connectivity index (χ0v) is 20.1. The van der Waals surface area contributed by atoms with E-state index in [1.54, 1.807) is 18.2 Å². The monoisotopic (exact) mass is 464 g/mol. The maximum Gasteiger partial charge on any atom is 0.410 e. The molecule has 1 amide bonds. The van der Waals surface area contributed by atoms with Crippen molar-refractivity contribution in [3.8, 4) is 5.75 Å². The molecule has 5 nitrogen and oxygen atoms in total. The van der Waals surface area contributed by atoms with Crippen molar-refractivity contribution in [3.05, 3.63) is 57.8 Å². The highest BCUT2D eigenvalue weighted by Crippen LogP contribution is 2.35. The standard InChI is InChI=1S/C24H30Cl2N2O3/c1-23(2,3)31-22(29)28-11-8-24(4,9-12-28)15-17-7-10-27-19(13-17)16-30-21-6-5-18(25)14-20(21)26/h5-7,10,13-14H,8-9,11-12,15-16H2,1-4H3. The highest BCUT2D eigenvalue weighted by Gasteiger charge is 2.33. The summed E-state index contributed by atoms with van der Waals surface area (Å²) >= 11 is 12.1. The predicted octanol–water partition coefficient (Wildman–Crippen LogP) is 6.55. The van der Waals surface area contributed by atoms with Crippen LogP contribution in [0, 0.1) is 5.41 Å². The molecule has 0 bridgehead atoms. The molecule has 1 saturated heterocycles. The second kappa shape index (κ2) is 9.66. The van der Waals surface area contributed by atoms with Crippen molar-refractivity contribution < 1.29 is 14.3 Å². The van der Waals surface area contributed by atoms with E-state index >= 15 is 0 Å². The second-order valence-electron chi connectivity index (χ2n) is 9.47. The van der Waals surface area contributed by atoms with E-state index in [0.29, 0.717) is 35.5 Å². The van der Waals surface area contributed by atoms with Crippen molar-refractivity contribution in [2.45, 2.75) is 59.2 Å². The molecule has 7 heteroatoms. The van der Waals surface area contributed by atoms with Crippen molar-refractivity contribution in [2.75, 3.05) is 13.1 Å². The molecule has 31 heavy (non-hydrogen) atoms. The van der Waals surface area contributed by atoms with Gasteiger partial charge in [0.2, 0.25) is 0 Å². The zero-order valence-electron chi connectivity index (χ0n) is 18.6. The molecule has 0 atom stereocenters. The van der Waals surface area contributed by atoms with Gasteiger partial charge >= 0.3 is 6.09 Å². The van der Waals surface area contributed by atoms with E-state index in [-0.39, 0.29) is 11.5 Å². The summed E-state index contributed by atoms with van der Waals surface area (Å²) in [4.78, 5) is 18.6. The van der Waals surface area contributed by atoms with Crippen LogP contribution >= 0.6 is 23.2 Å². The molecule has 0 radical (unpaired) electrons. The molecule has 0 N–H and O–H groups in total. The lowest BCUT2D eigenvalue weighted by Gasteiger charge is -2.40.